The lowest BCUT2D eigenvalue weighted by atomic mass is 10.2. The molecule has 0 aromatic carbocycles. The summed E-state index contributed by atoms with van der Waals surface area (Å²) in [5.41, 5.74) is 2.45. The maximum atomic E-state index is 12.8. The molecule has 3 aromatic rings. The number of ether oxygens (including phenoxy) is 1. The second-order valence-corrected chi connectivity index (χ2v) is 7.85. The van der Waals surface area contributed by atoms with Crippen LogP contribution in [0, 0.1) is 20.8 Å². The second-order valence-electron chi connectivity index (χ2n) is 6.91. The molecule has 0 N–H and O–H groups in total. The van der Waals surface area contributed by atoms with Crippen LogP contribution in [0.3, 0.4) is 0 Å². The Labute approximate surface area is 166 Å². The minimum absolute atomic E-state index is 0.0243. The van der Waals surface area contributed by atoms with Crippen molar-refractivity contribution in [2.75, 3.05) is 12.4 Å². The van der Waals surface area contributed by atoms with Gasteiger partial charge in [0.2, 0.25) is 5.16 Å². The van der Waals surface area contributed by atoms with E-state index in [9.17, 15) is 4.79 Å². The minimum atomic E-state index is 0.0243. The molecule has 4 heterocycles. The highest BCUT2D eigenvalue weighted by Crippen LogP contribution is 2.24. The molecule has 1 atom stereocenters. The summed E-state index contributed by atoms with van der Waals surface area (Å²) in [5.74, 6) is 1.69. The monoisotopic (exact) mass is 402 g/mol. The minimum Gasteiger partial charge on any atom is -0.376 e. The fraction of sp³-hybridized carbons (Fsp3) is 0.500. The van der Waals surface area contributed by atoms with Crippen LogP contribution in [0.25, 0.3) is 5.82 Å². The van der Waals surface area contributed by atoms with Crippen molar-refractivity contribution in [1.82, 2.24) is 29.9 Å². The normalized spacial score (nSPS) is 16.8. The summed E-state index contributed by atoms with van der Waals surface area (Å²) in [4.78, 5) is 12.8. The van der Waals surface area contributed by atoms with Crippen LogP contribution >= 0.6 is 11.8 Å². The average molecular weight is 402 g/mol. The molecule has 0 bridgehead atoms. The van der Waals surface area contributed by atoms with Crippen molar-refractivity contribution in [3.63, 3.8) is 0 Å². The third kappa shape index (κ3) is 3.74. The molecule has 1 saturated heterocycles. The van der Waals surface area contributed by atoms with Crippen LogP contribution in [0.2, 0.25) is 0 Å². The van der Waals surface area contributed by atoms with Crippen molar-refractivity contribution < 1.29 is 14.1 Å². The van der Waals surface area contributed by atoms with Gasteiger partial charge in [-0.15, -0.1) is 5.10 Å². The van der Waals surface area contributed by atoms with Gasteiger partial charge in [-0.1, -0.05) is 16.9 Å². The molecular formula is C18H22N6O3S. The van der Waals surface area contributed by atoms with Gasteiger partial charge in [-0.3, -0.25) is 9.36 Å². The third-order valence-corrected chi connectivity index (χ3v) is 5.77. The number of tetrazole rings is 1. The predicted molar refractivity (Wildman–Crippen MR) is 102 cm³/mol. The Morgan fingerprint density at radius 2 is 2.18 bits per heavy atom. The standard InChI is InChI=1S/C18H22N6O3S/c1-11-7-15(13(3)24(11)17-8-12(2)27-20-17)16(25)10-28-18-19-21-22-23(18)9-14-5-4-6-26-14/h7-8,14H,4-6,9-10H2,1-3H3/t14-/m0/s1. The molecule has 0 radical (unpaired) electrons. The van der Waals surface area contributed by atoms with E-state index < -0.39 is 0 Å². The number of aryl methyl sites for hydroxylation is 2. The van der Waals surface area contributed by atoms with Crippen LogP contribution in [-0.2, 0) is 11.3 Å². The number of ketones is 1. The van der Waals surface area contributed by atoms with E-state index in [1.165, 1.54) is 11.8 Å². The number of rotatable bonds is 7. The molecule has 1 aliphatic heterocycles. The van der Waals surface area contributed by atoms with E-state index in [2.05, 4.69) is 20.7 Å². The largest absolute Gasteiger partial charge is 0.376 e. The van der Waals surface area contributed by atoms with E-state index in [1.54, 1.807) is 4.68 Å². The number of aromatic nitrogens is 6. The number of carbonyl (C=O) groups excluding carboxylic acids is 1. The Hall–Kier alpha value is -2.46. The van der Waals surface area contributed by atoms with Gasteiger partial charge in [0.15, 0.2) is 11.6 Å². The Kier molecular flexibility index (Phi) is 5.31. The fourth-order valence-corrected chi connectivity index (χ4v) is 4.23. The van der Waals surface area contributed by atoms with Crippen LogP contribution in [0.4, 0.5) is 0 Å². The Bertz CT molecular complexity index is 986. The zero-order valence-electron chi connectivity index (χ0n) is 16.1. The Morgan fingerprint density at radius 1 is 1.32 bits per heavy atom. The van der Waals surface area contributed by atoms with Crippen molar-refractivity contribution >= 4 is 17.5 Å². The van der Waals surface area contributed by atoms with E-state index in [-0.39, 0.29) is 17.6 Å². The SMILES string of the molecule is Cc1cc(-n2c(C)cc(C(=O)CSc3nnnn3C[C@@H]3CCCO3)c2C)no1. The van der Waals surface area contributed by atoms with E-state index in [0.29, 0.717) is 23.1 Å². The molecule has 10 heteroatoms. The van der Waals surface area contributed by atoms with Crippen molar-refractivity contribution in [2.45, 2.75) is 51.4 Å². The number of nitrogens with zero attached hydrogens (tertiary/aromatic N) is 6. The molecule has 1 fully saturated rings. The highest BCUT2D eigenvalue weighted by atomic mass is 32.2. The zero-order chi connectivity index (χ0) is 19.7. The van der Waals surface area contributed by atoms with Crippen LogP contribution in [0.15, 0.2) is 21.8 Å². The second kappa shape index (κ2) is 7.88. The molecule has 0 spiro atoms. The van der Waals surface area contributed by atoms with Gasteiger partial charge in [0.1, 0.15) is 5.76 Å². The van der Waals surface area contributed by atoms with Gasteiger partial charge in [-0.25, -0.2) is 4.68 Å². The van der Waals surface area contributed by atoms with E-state index in [1.807, 2.05) is 37.5 Å². The quantitative estimate of drug-likeness (QED) is 0.439. The van der Waals surface area contributed by atoms with Gasteiger partial charge in [0.05, 0.1) is 18.4 Å². The van der Waals surface area contributed by atoms with Crippen LogP contribution in [0.1, 0.15) is 40.3 Å². The number of thioether (sulfide) groups is 1. The zero-order valence-corrected chi connectivity index (χ0v) is 16.9. The lowest BCUT2D eigenvalue weighted by molar-refractivity contribution is 0.0912. The molecule has 28 heavy (non-hydrogen) atoms. The van der Waals surface area contributed by atoms with Gasteiger partial charge in [0, 0.05) is 29.6 Å². The molecule has 3 aromatic heterocycles. The summed E-state index contributed by atoms with van der Waals surface area (Å²) in [5, 5.41) is 16.5. The number of hydrogen-bond donors (Lipinski definition) is 0. The van der Waals surface area contributed by atoms with Gasteiger partial charge in [0.25, 0.3) is 0 Å². The molecule has 9 nitrogen and oxygen atoms in total. The number of carbonyl (C=O) groups is 1. The lowest BCUT2D eigenvalue weighted by Gasteiger charge is -2.09. The van der Waals surface area contributed by atoms with Crippen molar-refractivity contribution in [1.29, 1.82) is 0 Å². The van der Waals surface area contributed by atoms with Gasteiger partial charge >= 0.3 is 0 Å². The first-order valence-corrected chi connectivity index (χ1v) is 10.2. The third-order valence-electron chi connectivity index (χ3n) is 4.81. The van der Waals surface area contributed by atoms with E-state index in [0.717, 1.165) is 36.6 Å². The van der Waals surface area contributed by atoms with Crippen molar-refractivity contribution in [3.8, 4) is 5.82 Å². The summed E-state index contributed by atoms with van der Waals surface area (Å²) in [6, 6.07) is 3.74. The maximum absolute atomic E-state index is 12.8. The van der Waals surface area contributed by atoms with Gasteiger partial charge < -0.3 is 9.26 Å². The summed E-state index contributed by atoms with van der Waals surface area (Å²) in [6.07, 6.45) is 2.22. The van der Waals surface area contributed by atoms with Crippen molar-refractivity contribution in [3.05, 3.63) is 34.8 Å². The van der Waals surface area contributed by atoms with Crippen molar-refractivity contribution in [2.24, 2.45) is 0 Å². The Morgan fingerprint density at radius 3 is 2.89 bits per heavy atom. The predicted octanol–water partition coefficient (Wildman–Crippen LogP) is 2.53. The van der Waals surface area contributed by atoms with Gasteiger partial charge in [-0.2, -0.15) is 0 Å². The lowest BCUT2D eigenvalue weighted by Crippen LogP contribution is -2.17. The first kappa shape index (κ1) is 18.9. The van der Waals surface area contributed by atoms with Crippen LogP contribution in [-0.4, -0.2) is 54.2 Å². The van der Waals surface area contributed by atoms with E-state index in [4.69, 9.17) is 9.26 Å². The average Bonchev–Trinajstić information content (AvgIpc) is 3.44. The first-order chi connectivity index (χ1) is 13.5. The molecule has 4 rings (SSSR count). The molecule has 148 valence electrons. The van der Waals surface area contributed by atoms with Crippen LogP contribution < -0.4 is 0 Å². The molecule has 0 amide bonds. The number of hydrogen-bond acceptors (Lipinski definition) is 8. The molecule has 0 aliphatic carbocycles. The first-order valence-electron chi connectivity index (χ1n) is 9.19. The smallest absolute Gasteiger partial charge is 0.209 e. The fourth-order valence-electron chi connectivity index (χ4n) is 3.46. The molecular weight excluding hydrogens is 380 g/mol. The molecule has 0 unspecified atom stereocenters. The summed E-state index contributed by atoms with van der Waals surface area (Å²) >= 11 is 1.34. The summed E-state index contributed by atoms with van der Waals surface area (Å²) in [7, 11) is 0. The van der Waals surface area contributed by atoms with Gasteiger partial charge in [-0.05, 0) is 50.1 Å². The van der Waals surface area contributed by atoms with E-state index >= 15 is 0 Å². The summed E-state index contributed by atoms with van der Waals surface area (Å²) in [6.45, 7) is 7.10. The summed E-state index contributed by atoms with van der Waals surface area (Å²) < 4.78 is 14.5. The topological polar surface area (TPSA) is 101 Å². The highest BCUT2D eigenvalue weighted by Gasteiger charge is 2.21. The number of Topliss-reactive ketones (excluding diaryl/α,β-unsaturated/α-hetero) is 1. The maximum Gasteiger partial charge on any atom is 0.209 e. The molecule has 0 saturated carbocycles. The van der Waals surface area contributed by atoms with Crippen LogP contribution in [0.5, 0.6) is 0 Å². The Balaban J connectivity index is 1.46. The molecule has 1 aliphatic rings. The highest BCUT2D eigenvalue weighted by molar-refractivity contribution is 7.99.